The Morgan fingerprint density at radius 2 is 2.09 bits per heavy atom. The van der Waals surface area contributed by atoms with E-state index in [1.807, 2.05) is 49.4 Å². The van der Waals surface area contributed by atoms with Crippen LogP contribution < -0.4 is 5.32 Å². The number of rotatable bonds is 7. The zero-order valence-corrected chi connectivity index (χ0v) is 19.0. The number of nitriles is 1. The fraction of sp³-hybridized carbons (Fsp3) is 0.250. The standard InChI is InChI=1S/C24H21ClN4O2S/c1-2-3-11-27-24(31)18(13-26)23(30)21-19-14-32-20-10-5-4-9-17(20)22(19)29(28-21)16-8-6-7-15(25)12-16/h4-10,12,18H,2-3,11,14H2,1H3,(H,27,31). The van der Waals surface area contributed by atoms with Gasteiger partial charge in [0.05, 0.1) is 17.5 Å². The van der Waals surface area contributed by atoms with Crippen LogP contribution in [-0.2, 0) is 10.5 Å². The van der Waals surface area contributed by atoms with Gasteiger partial charge in [0.1, 0.15) is 5.69 Å². The Labute approximate surface area is 195 Å². The lowest BCUT2D eigenvalue weighted by Gasteiger charge is -2.18. The minimum absolute atomic E-state index is 0.152. The Hall–Kier alpha value is -3.08. The highest BCUT2D eigenvalue weighted by atomic mass is 35.5. The number of fused-ring (bicyclic) bond motifs is 3. The molecule has 162 valence electrons. The number of amides is 1. The van der Waals surface area contributed by atoms with Crippen LogP contribution in [0.2, 0.25) is 5.02 Å². The number of benzene rings is 2. The second kappa shape index (κ2) is 9.60. The number of nitrogens with one attached hydrogen (secondary N) is 1. The van der Waals surface area contributed by atoms with Crippen LogP contribution in [-0.4, -0.2) is 28.0 Å². The van der Waals surface area contributed by atoms with Gasteiger partial charge in [-0.2, -0.15) is 10.4 Å². The summed E-state index contributed by atoms with van der Waals surface area (Å²) in [5, 5.41) is 17.5. The summed E-state index contributed by atoms with van der Waals surface area (Å²) in [6, 6.07) is 17.0. The van der Waals surface area contributed by atoms with E-state index < -0.39 is 17.6 Å². The fourth-order valence-corrected chi connectivity index (χ4v) is 4.91. The topological polar surface area (TPSA) is 87.8 Å². The van der Waals surface area contributed by atoms with Gasteiger partial charge in [-0.25, -0.2) is 4.68 Å². The van der Waals surface area contributed by atoms with Crippen molar-refractivity contribution in [3.05, 3.63) is 64.8 Å². The molecule has 6 nitrogen and oxygen atoms in total. The molecule has 1 aliphatic heterocycles. The highest BCUT2D eigenvalue weighted by Gasteiger charge is 2.35. The molecule has 0 saturated carbocycles. The van der Waals surface area contributed by atoms with Gasteiger partial charge in [0.15, 0.2) is 5.92 Å². The molecule has 1 amide bonds. The smallest absolute Gasteiger partial charge is 0.245 e. The molecule has 0 bridgehead atoms. The van der Waals surface area contributed by atoms with E-state index in [0.717, 1.165) is 34.6 Å². The SMILES string of the molecule is CCCCNC(=O)C(C#N)C(=O)c1nn(-c2cccc(Cl)c2)c2c1CSc1ccccc1-2. The second-order valence-corrected chi connectivity index (χ2v) is 8.88. The first-order chi connectivity index (χ1) is 15.5. The number of halogens is 1. The van der Waals surface area contributed by atoms with Crippen LogP contribution in [0.1, 0.15) is 35.8 Å². The van der Waals surface area contributed by atoms with Gasteiger partial charge in [0, 0.05) is 33.3 Å². The van der Waals surface area contributed by atoms with Crippen molar-refractivity contribution in [3.8, 4) is 23.0 Å². The molecule has 0 radical (unpaired) electrons. The first-order valence-corrected chi connectivity index (χ1v) is 11.7. The van der Waals surface area contributed by atoms with E-state index in [4.69, 9.17) is 11.6 Å². The van der Waals surface area contributed by atoms with E-state index in [1.54, 1.807) is 28.6 Å². The number of thioether (sulfide) groups is 1. The van der Waals surface area contributed by atoms with Gasteiger partial charge in [0.25, 0.3) is 0 Å². The average Bonchev–Trinajstić information content (AvgIpc) is 3.20. The molecule has 32 heavy (non-hydrogen) atoms. The number of nitrogens with zero attached hydrogens (tertiary/aromatic N) is 3. The van der Waals surface area contributed by atoms with E-state index in [1.165, 1.54) is 0 Å². The summed E-state index contributed by atoms with van der Waals surface area (Å²) in [6.45, 7) is 2.43. The Kier molecular flexibility index (Phi) is 6.63. The molecule has 0 fully saturated rings. The number of hydrogen-bond donors (Lipinski definition) is 1. The largest absolute Gasteiger partial charge is 0.355 e. The first-order valence-electron chi connectivity index (χ1n) is 10.4. The quantitative estimate of drug-likeness (QED) is 0.301. The lowest BCUT2D eigenvalue weighted by molar-refractivity contribution is -0.122. The Morgan fingerprint density at radius 1 is 1.28 bits per heavy atom. The van der Waals surface area contributed by atoms with E-state index in [2.05, 4.69) is 10.4 Å². The number of carbonyl (C=O) groups is 2. The highest BCUT2D eigenvalue weighted by molar-refractivity contribution is 7.98. The molecular weight excluding hydrogens is 444 g/mol. The third-order valence-corrected chi connectivity index (χ3v) is 6.60. The molecule has 4 rings (SSSR count). The van der Waals surface area contributed by atoms with Gasteiger partial charge < -0.3 is 5.32 Å². The minimum Gasteiger partial charge on any atom is -0.355 e. The molecule has 3 aromatic rings. The van der Waals surface area contributed by atoms with Crippen molar-refractivity contribution >= 4 is 35.1 Å². The van der Waals surface area contributed by atoms with E-state index in [-0.39, 0.29) is 5.69 Å². The Bertz CT molecular complexity index is 1230. The summed E-state index contributed by atoms with van der Waals surface area (Å²) in [5.74, 6) is -2.09. The van der Waals surface area contributed by atoms with Crippen LogP contribution in [0.5, 0.6) is 0 Å². The van der Waals surface area contributed by atoms with Crippen molar-refractivity contribution in [2.24, 2.45) is 5.92 Å². The maximum Gasteiger partial charge on any atom is 0.245 e. The van der Waals surface area contributed by atoms with Crippen molar-refractivity contribution < 1.29 is 9.59 Å². The minimum atomic E-state index is -1.44. The van der Waals surface area contributed by atoms with E-state index in [0.29, 0.717) is 23.0 Å². The summed E-state index contributed by atoms with van der Waals surface area (Å²) < 4.78 is 1.69. The molecule has 1 N–H and O–H groups in total. The predicted octanol–water partition coefficient (Wildman–Crippen LogP) is 5.04. The molecule has 0 spiro atoms. The van der Waals surface area contributed by atoms with E-state index in [9.17, 15) is 14.9 Å². The van der Waals surface area contributed by atoms with Crippen LogP contribution in [0.3, 0.4) is 0 Å². The van der Waals surface area contributed by atoms with Crippen LogP contribution in [0.25, 0.3) is 16.9 Å². The predicted molar refractivity (Wildman–Crippen MR) is 125 cm³/mol. The number of carbonyl (C=O) groups excluding carboxylic acids is 2. The van der Waals surface area contributed by atoms with Crippen molar-refractivity contribution in [2.45, 2.75) is 30.4 Å². The first kappa shape index (κ1) is 22.1. The zero-order valence-electron chi connectivity index (χ0n) is 17.5. The average molecular weight is 465 g/mol. The van der Waals surface area contributed by atoms with Crippen molar-refractivity contribution in [1.29, 1.82) is 5.26 Å². The summed E-state index contributed by atoms with van der Waals surface area (Å²) in [4.78, 5) is 27.0. The zero-order chi connectivity index (χ0) is 22.7. The summed E-state index contributed by atoms with van der Waals surface area (Å²) in [5.41, 5.74) is 3.31. The maximum absolute atomic E-state index is 13.4. The molecule has 0 saturated heterocycles. The normalized spacial score (nSPS) is 12.9. The third-order valence-electron chi connectivity index (χ3n) is 5.27. The highest BCUT2D eigenvalue weighted by Crippen LogP contribution is 2.44. The van der Waals surface area contributed by atoms with Crippen molar-refractivity contribution in [2.75, 3.05) is 6.54 Å². The number of aromatic nitrogens is 2. The second-order valence-electron chi connectivity index (χ2n) is 7.42. The van der Waals surface area contributed by atoms with Crippen molar-refractivity contribution in [3.63, 3.8) is 0 Å². The molecule has 1 atom stereocenters. The molecule has 1 unspecified atom stereocenters. The number of ketones is 1. The number of Topliss-reactive ketones (excluding diaryl/α,β-unsaturated/α-hetero) is 1. The fourth-order valence-electron chi connectivity index (χ4n) is 3.66. The lowest BCUT2D eigenvalue weighted by Crippen LogP contribution is -2.35. The molecule has 2 heterocycles. The Balaban J connectivity index is 1.82. The van der Waals surface area contributed by atoms with Gasteiger partial charge >= 0.3 is 0 Å². The molecular formula is C24H21ClN4O2S. The van der Waals surface area contributed by atoms with E-state index >= 15 is 0 Å². The summed E-state index contributed by atoms with van der Waals surface area (Å²) >= 11 is 7.82. The van der Waals surface area contributed by atoms with Gasteiger partial charge in [-0.15, -0.1) is 11.8 Å². The molecule has 1 aromatic heterocycles. The molecule has 1 aliphatic rings. The van der Waals surface area contributed by atoms with Gasteiger partial charge in [-0.3, -0.25) is 9.59 Å². The van der Waals surface area contributed by atoms with Crippen LogP contribution in [0, 0.1) is 17.2 Å². The van der Waals surface area contributed by atoms with Crippen LogP contribution in [0.15, 0.2) is 53.4 Å². The monoisotopic (exact) mass is 464 g/mol. The van der Waals surface area contributed by atoms with Crippen LogP contribution in [0.4, 0.5) is 0 Å². The number of unbranched alkanes of at least 4 members (excludes halogenated alkanes) is 1. The summed E-state index contributed by atoms with van der Waals surface area (Å²) in [7, 11) is 0. The molecule has 2 aromatic carbocycles. The Morgan fingerprint density at radius 3 is 2.84 bits per heavy atom. The molecule has 0 aliphatic carbocycles. The van der Waals surface area contributed by atoms with Gasteiger partial charge in [0.2, 0.25) is 11.7 Å². The van der Waals surface area contributed by atoms with Gasteiger partial charge in [-0.05, 0) is 30.7 Å². The molecule has 8 heteroatoms. The van der Waals surface area contributed by atoms with Gasteiger partial charge in [-0.1, -0.05) is 49.2 Å². The summed E-state index contributed by atoms with van der Waals surface area (Å²) in [6.07, 6.45) is 1.68. The van der Waals surface area contributed by atoms with Crippen molar-refractivity contribution in [1.82, 2.24) is 15.1 Å². The maximum atomic E-state index is 13.4. The van der Waals surface area contributed by atoms with Crippen LogP contribution >= 0.6 is 23.4 Å². The number of hydrogen-bond acceptors (Lipinski definition) is 5. The lowest BCUT2D eigenvalue weighted by atomic mass is 9.97. The third kappa shape index (κ3) is 4.16.